The Labute approximate surface area is 146 Å². The Morgan fingerprint density at radius 1 is 1.17 bits per heavy atom. The predicted octanol–water partition coefficient (Wildman–Crippen LogP) is 3.32. The first-order chi connectivity index (χ1) is 11.5. The molecular formula is C19H20N2O2S. The molecule has 124 valence electrons. The number of hydrogen-bond donors (Lipinski definition) is 2. The molecule has 0 aliphatic carbocycles. The molecule has 0 saturated carbocycles. The molecule has 1 aliphatic rings. The minimum Gasteiger partial charge on any atom is -0.352 e. The van der Waals surface area contributed by atoms with Gasteiger partial charge in [0.05, 0.1) is 11.4 Å². The third-order valence-electron chi connectivity index (χ3n) is 4.15. The van der Waals surface area contributed by atoms with E-state index in [1.807, 2.05) is 50.2 Å². The maximum atomic E-state index is 12.2. The summed E-state index contributed by atoms with van der Waals surface area (Å²) in [6, 6.07) is 11.8. The highest BCUT2D eigenvalue weighted by Gasteiger charge is 2.15. The largest absolute Gasteiger partial charge is 0.352 e. The molecule has 2 N–H and O–H groups in total. The molecule has 0 fully saturated rings. The summed E-state index contributed by atoms with van der Waals surface area (Å²) in [5.41, 5.74) is 4.95. The number of hydrogen-bond acceptors (Lipinski definition) is 3. The van der Waals surface area contributed by atoms with Crippen molar-refractivity contribution in [2.45, 2.75) is 25.2 Å². The second-order valence-corrected chi connectivity index (χ2v) is 6.99. The summed E-state index contributed by atoms with van der Waals surface area (Å²) in [5, 5.41) is 5.84. The monoisotopic (exact) mass is 340 g/mol. The van der Waals surface area contributed by atoms with Crippen LogP contribution in [0.1, 0.15) is 27.0 Å². The van der Waals surface area contributed by atoms with Crippen molar-refractivity contribution in [1.82, 2.24) is 5.32 Å². The third kappa shape index (κ3) is 3.79. The summed E-state index contributed by atoms with van der Waals surface area (Å²) in [7, 11) is 0. The van der Waals surface area contributed by atoms with Gasteiger partial charge in [-0.3, -0.25) is 9.59 Å². The van der Waals surface area contributed by atoms with E-state index in [1.165, 1.54) is 5.56 Å². The number of carbonyl (C=O) groups is 2. The number of anilines is 1. The van der Waals surface area contributed by atoms with Gasteiger partial charge in [-0.25, -0.2) is 0 Å². The van der Waals surface area contributed by atoms with Crippen LogP contribution in [0.4, 0.5) is 5.69 Å². The standard InChI is InChI=1S/C19H20N2O2S/c1-12-3-5-15(9-13(12)2)19(23)20-8-7-14-4-6-17-16(10-14)21-18(22)11-24-17/h3-6,9-10H,7-8,11H2,1-2H3,(H,20,23)(H,21,22). The number of rotatable bonds is 4. The van der Waals surface area contributed by atoms with Gasteiger partial charge >= 0.3 is 0 Å². The second kappa shape index (κ2) is 7.09. The fourth-order valence-corrected chi connectivity index (χ4v) is 3.38. The van der Waals surface area contributed by atoms with Crippen LogP contribution in [-0.4, -0.2) is 24.1 Å². The lowest BCUT2D eigenvalue weighted by molar-refractivity contribution is -0.113. The quantitative estimate of drug-likeness (QED) is 0.898. The molecular weight excluding hydrogens is 320 g/mol. The maximum Gasteiger partial charge on any atom is 0.251 e. The Balaban J connectivity index is 1.58. The average Bonchev–Trinajstić information content (AvgIpc) is 2.57. The Morgan fingerprint density at radius 2 is 2.00 bits per heavy atom. The summed E-state index contributed by atoms with van der Waals surface area (Å²) in [6.07, 6.45) is 0.727. The molecule has 0 aromatic heterocycles. The van der Waals surface area contributed by atoms with Gasteiger partial charge in [0.15, 0.2) is 0 Å². The fraction of sp³-hybridized carbons (Fsp3) is 0.263. The zero-order valence-corrected chi connectivity index (χ0v) is 14.6. The van der Waals surface area contributed by atoms with Gasteiger partial charge in [-0.05, 0) is 61.2 Å². The Hall–Kier alpha value is -2.27. The number of nitrogens with one attached hydrogen (secondary N) is 2. The molecule has 0 atom stereocenters. The lowest BCUT2D eigenvalue weighted by Crippen LogP contribution is -2.26. The van der Waals surface area contributed by atoms with Crippen molar-refractivity contribution in [2.75, 3.05) is 17.6 Å². The van der Waals surface area contributed by atoms with E-state index < -0.39 is 0 Å². The molecule has 1 aliphatic heterocycles. The first kappa shape index (κ1) is 16.6. The number of fused-ring (bicyclic) bond motifs is 1. The molecule has 0 bridgehead atoms. The van der Waals surface area contributed by atoms with Crippen LogP contribution in [0.2, 0.25) is 0 Å². The van der Waals surface area contributed by atoms with Gasteiger partial charge in [0, 0.05) is 17.0 Å². The van der Waals surface area contributed by atoms with Crippen LogP contribution in [0, 0.1) is 13.8 Å². The van der Waals surface area contributed by atoms with Crippen molar-refractivity contribution < 1.29 is 9.59 Å². The molecule has 2 aromatic carbocycles. The topological polar surface area (TPSA) is 58.2 Å². The predicted molar refractivity (Wildman–Crippen MR) is 97.7 cm³/mol. The Morgan fingerprint density at radius 3 is 2.79 bits per heavy atom. The number of carbonyl (C=O) groups excluding carboxylic acids is 2. The van der Waals surface area contributed by atoms with Crippen molar-refractivity contribution in [3.63, 3.8) is 0 Å². The highest BCUT2D eigenvalue weighted by molar-refractivity contribution is 8.00. The van der Waals surface area contributed by atoms with E-state index in [0.29, 0.717) is 17.9 Å². The van der Waals surface area contributed by atoms with E-state index in [4.69, 9.17) is 0 Å². The van der Waals surface area contributed by atoms with E-state index in [9.17, 15) is 9.59 Å². The molecule has 0 saturated heterocycles. The number of amides is 2. The Bertz CT molecular complexity index is 802. The number of thioether (sulfide) groups is 1. The minimum absolute atomic E-state index is 0.0349. The van der Waals surface area contributed by atoms with Gasteiger partial charge in [-0.1, -0.05) is 12.1 Å². The Kier molecular flexibility index (Phi) is 4.90. The highest BCUT2D eigenvalue weighted by Crippen LogP contribution is 2.31. The van der Waals surface area contributed by atoms with Crippen molar-refractivity contribution >= 4 is 29.3 Å². The fourth-order valence-electron chi connectivity index (χ4n) is 2.59. The molecule has 1 heterocycles. The first-order valence-corrected chi connectivity index (χ1v) is 8.92. The highest BCUT2D eigenvalue weighted by atomic mass is 32.2. The molecule has 2 aromatic rings. The lowest BCUT2D eigenvalue weighted by Gasteiger charge is -2.17. The molecule has 3 rings (SSSR count). The van der Waals surface area contributed by atoms with Gasteiger partial charge in [0.25, 0.3) is 5.91 Å². The van der Waals surface area contributed by atoms with Crippen LogP contribution in [0.15, 0.2) is 41.3 Å². The molecule has 2 amide bonds. The van der Waals surface area contributed by atoms with Crippen molar-refractivity contribution in [2.24, 2.45) is 0 Å². The molecule has 0 radical (unpaired) electrons. The molecule has 0 spiro atoms. The average molecular weight is 340 g/mol. The third-order valence-corrected chi connectivity index (χ3v) is 5.22. The van der Waals surface area contributed by atoms with Gasteiger partial charge in [-0.15, -0.1) is 11.8 Å². The normalized spacial score (nSPS) is 13.2. The van der Waals surface area contributed by atoms with Gasteiger partial charge < -0.3 is 10.6 Å². The van der Waals surface area contributed by atoms with Crippen LogP contribution in [0.25, 0.3) is 0 Å². The SMILES string of the molecule is Cc1ccc(C(=O)NCCc2ccc3c(c2)NC(=O)CS3)cc1C. The first-order valence-electron chi connectivity index (χ1n) is 7.94. The summed E-state index contributed by atoms with van der Waals surface area (Å²) in [5.74, 6) is 0.450. The van der Waals surface area contributed by atoms with Crippen LogP contribution in [0.3, 0.4) is 0 Å². The van der Waals surface area contributed by atoms with Crippen molar-refractivity contribution in [1.29, 1.82) is 0 Å². The van der Waals surface area contributed by atoms with Gasteiger partial charge in [0.2, 0.25) is 5.91 Å². The smallest absolute Gasteiger partial charge is 0.251 e. The van der Waals surface area contributed by atoms with E-state index in [0.717, 1.165) is 28.1 Å². The lowest BCUT2D eigenvalue weighted by atomic mass is 10.1. The van der Waals surface area contributed by atoms with Crippen LogP contribution < -0.4 is 10.6 Å². The molecule has 24 heavy (non-hydrogen) atoms. The molecule has 5 heteroatoms. The van der Waals surface area contributed by atoms with Crippen LogP contribution in [0.5, 0.6) is 0 Å². The second-order valence-electron chi connectivity index (χ2n) is 5.97. The zero-order chi connectivity index (χ0) is 17.1. The molecule has 0 unspecified atom stereocenters. The van der Waals surface area contributed by atoms with Crippen LogP contribution in [-0.2, 0) is 11.2 Å². The number of benzene rings is 2. The van der Waals surface area contributed by atoms with E-state index in [-0.39, 0.29) is 11.8 Å². The van der Waals surface area contributed by atoms with Gasteiger partial charge in [0.1, 0.15) is 0 Å². The van der Waals surface area contributed by atoms with Crippen molar-refractivity contribution in [3.8, 4) is 0 Å². The summed E-state index contributed by atoms with van der Waals surface area (Å²) in [6.45, 7) is 4.60. The maximum absolute atomic E-state index is 12.2. The van der Waals surface area contributed by atoms with Crippen molar-refractivity contribution in [3.05, 3.63) is 58.7 Å². The van der Waals surface area contributed by atoms with E-state index >= 15 is 0 Å². The summed E-state index contributed by atoms with van der Waals surface area (Å²) >= 11 is 1.55. The summed E-state index contributed by atoms with van der Waals surface area (Å²) in [4.78, 5) is 24.8. The molecule has 4 nitrogen and oxygen atoms in total. The zero-order valence-electron chi connectivity index (χ0n) is 13.8. The van der Waals surface area contributed by atoms with Gasteiger partial charge in [-0.2, -0.15) is 0 Å². The minimum atomic E-state index is -0.0556. The van der Waals surface area contributed by atoms with Crippen LogP contribution >= 0.6 is 11.8 Å². The van der Waals surface area contributed by atoms with E-state index in [2.05, 4.69) is 10.6 Å². The summed E-state index contributed by atoms with van der Waals surface area (Å²) < 4.78 is 0. The van der Waals surface area contributed by atoms with E-state index in [1.54, 1.807) is 11.8 Å². The number of aryl methyl sites for hydroxylation is 2.